The number of imidazole rings is 1. The zero-order valence-corrected chi connectivity index (χ0v) is 11.8. The average Bonchev–Trinajstić information content (AvgIpc) is 2.86. The minimum Gasteiger partial charge on any atom is -0.389 e. The first kappa shape index (κ1) is 14.4. The van der Waals surface area contributed by atoms with E-state index in [4.69, 9.17) is 0 Å². The van der Waals surface area contributed by atoms with E-state index in [2.05, 4.69) is 4.98 Å². The van der Waals surface area contributed by atoms with Crippen molar-refractivity contribution in [3.05, 3.63) is 12.0 Å². The lowest BCUT2D eigenvalue weighted by Crippen LogP contribution is -2.30. The molecule has 0 amide bonds. The van der Waals surface area contributed by atoms with Gasteiger partial charge in [0, 0.05) is 25.8 Å². The Morgan fingerprint density at radius 2 is 1.95 bits per heavy atom. The van der Waals surface area contributed by atoms with E-state index in [0.29, 0.717) is 12.4 Å². The fourth-order valence-corrected chi connectivity index (χ4v) is 3.60. The molecule has 2 unspecified atom stereocenters. The molecule has 8 heteroatoms. The quantitative estimate of drug-likeness (QED) is 0.766. The van der Waals surface area contributed by atoms with Crippen LogP contribution in [0.3, 0.4) is 0 Å². The van der Waals surface area contributed by atoms with Crippen molar-refractivity contribution in [1.29, 1.82) is 0 Å². The zero-order valence-electron chi connectivity index (χ0n) is 11.0. The van der Waals surface area contributed by atoms with Crippen molar-refractivity contribution >= 4 is 10.0 Å². The highest BCUT2D eigenvalue weighted by molar-refractivity contribution is 7.89. The minimum atomic E-state index is -3.74. The monoisotopic (exact) mass is 289 g/mol. The third-order valence-corrected chi connectivity index (χ3v) is 4.95. The van der Waals surface area contributed by atoms with Crippen LogP contribution in [0.1, 0.15) is 19.2 Å². The van der Waals surface area contributed by atoms with Gasteiger partial charge in [0.15, 0.2) is 5.03 Å². The number of rotatable bonds is 4. The molecule has 2 N–H and O–H groups in total. The number of nitrogens with zero attached hydrogens (tertiary/aromatic N) is 3. The topological polar surface area (TPSA) is 95.7 Å². The molecule has 1 aromatic rings. The fourth-order valence-electron chi connectivity index (χ4n) is 2.13. The van der Waals surface area contributed by atoms with Crippen molar-refractivity contribution in [2.75, 3.05) is 13.1 Å². The van der Waals surface area contributed by atoms with Gasteiger partial charge in [0.1, 0.15) is 5.82 Å². The summed E-state index contributed by atoms with van der Waals surface area (Å²) < 4.78 is 27.5. The molecule has 1 aliphatic heterocycles. The molecule has 1 aliphatic rings. The van der Waals surface area contributed by atoms with Gasteiger partial charge in [0.2, 0.25) is 0 Å². The summed E-state index contributed by atoms with van der Waals surface area (Å²) in [5.74, 6) is 0.640. The molecule has 1 fully saturated rings. The van der Waals surface area contributed by atoms with Crippen molar-refractivity contribution in [3.8, 4) is 0 Å². The summed E-state index contributed by atoms with van der Waals surface area (Å²) in [6.45, 7) is 4.27. The Morgan fingerprint density at radius 3 is 2.47 bits per heavy atom. The van der Waals surface area contributed by atoms with Crippen molar-refractivity contribution in [3.63, 3.8) is 0 Å². The Balaban J connectivity index is 2.27. The molecule has 108 valence electrons. The third-order valence-electron chi connectivity index (χ3n) is 3.25. The largest absolute Gasteiger partial charge is 0.389 e. The van der Waals surface area contributed by atoms with E-state index in [9.17, 15) is 18.6 Å². The van der Waals surface area contributed by atoms with Crippen molar-refractivity contribution < 1.29 is 18.6 Å². The zero-order chi connectivity index (χ0) is 14.2. The van der Waals surface area contributed by atoms with Gasteiger partial charge in [0.25, 0.3) is 10.0 Å². The SMILES string of the molecule is CCCn1cc(S(=O)(=O)N2CC(O)C(O)C2)nc1C. The van der Waals surface area contributed by atoms with Crippen LogP contribution < -0.4 is 0 Å². The fraction of sp³-hybridized carbons (Fsp3) is 0.727. The number of aromatic nitrogens is 2. The molecule has 0 saturated carbocycles. The molecular weight excluding hydrogens is 270 g/mol. The van der Waals surface area contributed by atoms with Crippen molar-refractivity contribution in [2.45, 2.75) is 44.0 Å². The van der Waals surface area contributed by atoms with Gasteiger partial charge in [-0.3, -0.25) is 0 Å². The number of sulfonamides is 1. The number of aliphatic hydroxyl groups excluding tert-OH is 2. The predicted molar refractivity (Wildman–Crippen MR) is 68.0 cm³/mol. The standard InChI is InChI=1S/C11H19N3O4S/c1-3-4-13-7-11(12-8(13)2)19(17,18)14-5-9(15)10(16)6-14/h7,9-10,15-16H,3-6H2,1-2H3. The second-order valence-electron chi connectivity index (χ2n) is 4.78. The summed E-state index contributed by atoms with van der Waals surface area (Å²) in [5.41, 5.74) is 0. The highest BCUT2D eigenvalue weighted by Crippen LogP contribution is 2.21. The Labute approximate surface area is 112 Å². The second kappa shape index (κ2) is 5.20. The van der Waals surface area contributed by atoms with Gasteiger partial charge < -0.3 is 14.8 Å². The third kappa shape index (κ3) is 2.66. The van der Waals surface area contributed by atoms with Crippen LogP contribution in [0.4, 0.5) is 0 Å². The summed E-state index contributed by atoms with van der Waals surface area (Å²) in [7, 11) is -3.74. The summed E-state index contributed by atoms with van der Waals surface area (Å²) in [6, 6.07) is 0. The molecule has 19 heavy (non-hydrogen) atoms. The van der Waals surface area contributed by atoms with Crippen LogP contribution >= 0.6 is 0 Å². The van der Waals surface area contributed by atoms with E-state index in [0.717, 1.165) is 10.7 Å². The molecule has 2 atom stereocenters. The number of aryl methyl sites for hydroxylation is 2. The van der Waals surface area contributed by atoms with Crippen LogP contribution in [0.15, 0.2) is 11.2 Å². The Kier molecular flexibility index (Phi) is 3.95. The molecule has 1 saturated heterocycles. The van der Waals surface area contributed by atoms with Gasteiger partial charge in [-0.25, -0.2) is 13.4 Å². The number of aliphatic hydroxyl groups is 2. The molecular formula is C11H19N3O4S. The highest BCUT2D eigenvalue weighted by Gasteiger charge is 2.38. The van der Waals surface area contributed by atoms with Crippen LogP contribution in [-0.2, 0) is 16.6 Å². The lowest BCUT2D eigenvalue weighted by atomic mass is 10.3. The van der Waals surface area contributed by atoms with Crippen molar-refractivity contribution in [2.24, 2.45) is 0 Å². The number of hydrogen-bond donors (Lipinski definition) is 2. The van der Waals surface area contributed by atoms with Gasteiger partial charge in [-0.2, -0.15) is 4.31 Å². The van der Waals surface area contributed by atoms with Gasteiger partial charge in [0.05, 0.1) is 12.2 Å². The molecule has 7 nitrogen and oxygen atoms in total. The van der Waals surface area contributed by atoms with Crippen LogP contribution in [0.2, 0.25) is 0 Å². The first-order valence-electron chi connectivity index (χ1n) is 6.26. The summed E-state index contributed by atoms with van der Waals surface area (Å²) in [6.07, 6.45) is 0.325. The maximum absolute atomic E-state index is 12.3. The van der Waals surface area contributed by atoms with Crippen molar-refractivity contribution in [1.82, 2.24) is 13.9 Å². The lowest BCUT2D eigenvalue weighted by Gasteiger charge is -2.13. The van der Waals surface area contributed by atoms with E-state index in [1.807, 2.05) is 6.92 Å². The number of hydrogen-bond acceptors (Lipinski definition) is 5. The molecule has 0 spiro atoms. The summed E-state index contributed by atoms with van der Waals surface area (Å²) >= 11 is 0. The van der Waals surface area contributed by atoms with E-state index < -0.39 is 22.2 Å². The molecule has 0 aliphatic carbocycles. The van der Waals surface area contributed by atoms with Crippen LogP contribution in [0, 0.1) is 6.92 Å². The summed E-state index contributed by atoms with van der Waals surface area (Å²) in [4.78, 5) is 4.07. The average molecular weight is 289 g/mol. The maximum Gasteiger partial charge on any atom is 0.262 e. The smallest absolute Gasteiger partial charge is 0.262 e. The van der Waals surface area contributed by atoms with Gasteiger partial charge in [-0.05, 0) is 13.3 Å². The van der Waals surface area contributed by atoms with E-state index in [1.165, 1.54) is 6.20 Å². The Bertz CT molecular complexity index is 544. The van der Waals surface area contributed by atoms with Gasteiger partial charge in [-0.15, -0.1) is 0 Å². The van der Waals surface area contributed by atoms with Gasteiger partial charge >= 0.3 is 0 Å². The molecule has 2 heterocycles. The maximum atomic E-state index is 12.3. The first-order chi connectivity index (χ1) is 8.86. The van der Waals surface area contributed by atoms with Crippen LogP contribution in [0.25, 0.3) is 0 Å². The molecule has 0 aromatic carbocycles. The van der Waals surface area contributed by atoms with Gasteiger partial charge in [-0.1, -0.05) is 6.92 Å². The van der Waals surface area contributed by atoms with Crippen LogP contribution in [0.5, 0.6) is 0 Å². The minimum absolute atomic E-state index is 0.0280. The predicted octanol–water partition coefficient (Wildman–Crippen LogP) is -0.672. The van der Waals surface area contributed by atoms with E-state index in [1.54, 1.807) is 11.5 Å². The van der Waals surface area contributed by atoms with Crippen LogP contribution in [-0.4, -0.2) is 57.8 Å². The number of β-amino-alcohol motifs (C(OH)–C–C–N with tert-alkyl or cyclic N) is 2. The molecule has 0 radical (unpaired) electrons. The highest BCUT2D eigenvalue weighted by atomic mass is 32.2. The van der Waals surface area contributed by atoms with E-state index >= 15 is 0 Å². The van der Waals surface area contributed by atoms with E-state index in [-0.39, 0.29) is 18.1 Å². The normalized spacial score (nSPS) is 25.1. The second-order valence-corrected chi connectivity index (χ2v) is 6.66. The Morgan fingerprint density at radius 1 is 1.37 bits per heavy atom. The first-order valence-corrected chi connectivity index (χ1v) is 7.70. The molecule has 1 aromatic heterocycles. The molecule has 0 bridgehead atoms. The Hall–Kier alpha value is -0.960. The molecule has 2 rings (SSSR count). The summed E-state index contributed by atoms with van der Waals surface area (Å²) in [5, 5.41) is 18.9. The lowest BCUT2D eigenvalue weighted by molar-refractivity contribution is 0.0572.